The number of hydrogen-bond acceptors (Lipinski definition) is 3. The first kappa shape index (κ1) is 32.1. The zero-order valence-corrected chi connectivity index (χ0v) is 20.2. The van der Waals surface area contributed by atoms with E-state index in [4.69, 9.17) is 0 Å². The van der Waals surface area contributed by atoms with Gasteiger partial charge in [-0.2, -0.15) is 0 Å². The topological polar surface area (TPSA) is 67.6 Å². The van der Waals surface area contributed by atoms with Crippen molar-refractivity contribution in [3.8, 4) is 0 Å². The molecule has 0 spiro atoms. The second kappa shape index (κ2) is 19.7. The maximum atomic E-state index is 10.7. The summed E-state index contributed by atoms with van der Waals surface area (Å²) in [6.07, 6.45) is 15.1. The number of nitrogens with zero attached hydrogens (tertiary/aromatic N) is 4. The molecular weight excluding hydrogens is 471 g/mol. The minimum atomic E-state index is 0. The normalized spacial score (nSPS) is 10.1. The summed E-state index contributed by atoms with van der Waals surface area (Å²) < 4.78 is 1.96. The summed E-state index contributed by atoms with van der Waals surface area (Å²) in [5, 5.41) is 0.942. The average molecular weight is 504 g/mol. The molecule has 2 aromatic heterocycles. The number of amides is 1. The Morgan fingerprint density at radius 1 is 1.30 bits per heavy atom. The van der Waals surface area contributed by atoms with Gasteiger partial charge in [-0.1, -0.05) is 39.5 Å². The number of aldehydes is 1. The van der Waals surface area contributed by atoms with E-state index in [0.29, 0.717) is 12.0 Å². The molecule has 7 heteroatoms. The summed E-state index contributed by atoms with van der Waals surface area (Å²) in [6.45, 7) is 9.92. The standard InChI is InChI=1S/C16H16N2O.C4H8N2O.C2H6.CH3.Pd/c1-3-5-6-7-15(4-2)18-9-8-14-10-13(12-19)11-17-16(14)18;1-6(2)3-5-4-7;1-2;;/h4-12H,2-3H2,1H3;3-4H,1-2H3;1-2H3;1H3;/q;;;-1;/b6-5-,15-7+;;;;. The quantitative estimate of drug-likeness (QED) is 0.132. The molecule has 0 aliphatic rings. The minimum absolute atomic E-state index is 0. The minimum Gasteiger partial charge on any atom is -0.369 e. The van der Waals surface area contributed by atoms with E-state index in [9.17, 15) is 9.59 Å². The number of aromatic nitrogens is 2. The monoisotopic (exact) mass is 503 g/mol. The van der Waals surface area contributed by atoms with E-state index < -0.39 is 0 Å². The molecule has 0 unspecified atom stereocenters. The van der Waals surface area contributed by atoms with Crippen molar-refractivity contribution in [2.24, 2.45) is 4.99 Å². The first-order valence-electron chi connectivity index (χ1n) is 9.12. The molecule has 2 heterocycles. The van der Waals surface area contributed by atoms with Crippen LogP contribution in [-0.2, 0) is 25.2 Å². The fraction of sp³-hybridized carbons (Fsp3) is 0.261. The third-order valence-corrected chi connectivity index (χ3v) is 3.17. The predicted molar refractivity (Wildman–Crippen MR) is 125 cm³/mol. The number of rotatable bonds is 7. The van der Waals surface area contributed by atoms with Crippen LogP contribution in [0.4, 0.5) is 0 Å². The van der Waals surface area contributed by atoms with Crippen molar-refractivity contribution in [2.75, 3.05) is 14.1 Å². The maximum absolute atomic E-state index is 10.7. The molecule has 0 fully saturated rings. The maximum Gasteiger partial charge on any atom is 0.234 e. The van der Waals surface area contributed by atoms with Gasteiger partial charge in [-0.05, 0) is 30.7 Å². The Balaban J connectivity index is -0.000000571. The number of hydrogen-bond donors (Lipinski definition) is 0. The van der Waals surface area contributed by atoms with E-state index in [0.717, 1.165) is 29.4 Å². The van der Waals surface area contributed by atoms with Crippen molar-refractivity contribution < 1.29 is 30.0 Å². The first-order chi connectivity index (χ1) is 13.6. The molecule has 30 heavy (non-hydrogen) atoms. The molecule has 6 nitrogen and oxygen atoms in total. The van der Waals surface area contributed by atoms with Gasteiger partial charge in [-0.15, -0.1) is 0 Å². The zero-order valence-electron chi connectivity index (χ0n) is 18.7. The van der Waals surface area contributed by atoms with Crippen LogP contribution >= 0.6 is 0 Å². The van der Waals surface area contributed by atoms with E-state index >= 15 is 0 Å². The van der Waals surface area contributed by atoms with Gasteiger partial charge in [0.1, 0.15) is 5.65 Å². The van der Waals surface area contributed by atoms with E-state index in [1.165, 1.54) is 6.34 Å². The van der Waals surface area contributed by atoms with Gasteiger partial charge < -0.3 is 16.9 Å². The Morgan fingerprint density at radius 3 is 2.43 bits per heavy atom. The Kier molecular flexibility index (Phi) is 21.0. The molecule has 0 saturated heterocycles. The van der Waals surface area contributed by atoms with E-state index in [1.807, 2.05) is 48.9 Å². The van der Waals surface area contributed by atoms with E-state index in [1.54, 1.807) is 31.3 Å². The average Bonchev–Trinajstić information content (AvgIpc) is 3.14. The molecule has 0 N–H and O–H groups in total. The molecule has 0 radical (unpaired) electrons. The van der Waals surface area contributed by atoms with Gasteiger partial charge in [-0.25, -0.2) is 9.98 Å². The van der Waals surface area contributed by atoms with Crippen LogP contribution in [0, 0.1) is 7.43 Å². The van der Waals surface area contributed by atoms with Crippen LogP contribution in [0.5, 0.6) is 0 Å². The van der Waals surface area contributed by atoms with Crippen molar-refractivity contribution in [3.63, 3.8) is 0 Å². The summed E-state index contributed by atoms with van der Waals surface area (Å²) in [7, 11) is 3.60. The van der Waals surface area contributed by atoms with E-state index in [-0.39, 0.29) is 27.8 Å². The van der Waals surface area contributed by atoms with Crippen molar-refractivity contribution >= 4 is 35.8 Å². The van der Waals surface area contributed by atoms with Crippen LogP contribution in [0.3, 0.4) is 0 Å². The van der Waals surface area contributed by atoms with Gasteiger partial charge in [0, 0.05) is 63.6 Å². The molecule has 0 bridgehead atoms. The fourth-order valence-electron chi connectivity index (χ4n) is 2.02. The number of pyridine rings is 1. The van der Waals surface area contributed by atoms with Gasteiger partial charge >= 0.3 is 0 Å². The summed E-state index contributed by atoms with van der Waals surface area (Å²) in [5.41, 5.74) is 2.35. The Hall–Kier alpha value is -2.62. The second-order valence-electron chi connectivity index (χ2n) is 5.45. The number of carbonyl (C=O) groups is 2. The van der Waals surface area contributed by atoms with Crippen molar-refractivity contribution in [3.05, 3.63) is 68.4 Å². The molecule has 2 aromatic rings. The Bertz CT molecular complexity index is 837. The third-order valence-electron chi connectivity index (χ3n) is 3.17. The molecule has 168 valence electrons. The van der Waals surface area contributed by atoms with Crippen molar-refractivity contribution in [1.82, 2.24) is 14.5 Å². The summed E-state index contributed by atoms with van der Waals surface area (Å²) in [6, 6.07) is 3.77. The number of fused-ring (bicyclic) bond motifs is 1. The van der Waals surface area contributed by atoms with Gasteiger partial charge in [0.05, 0.1) is 6.34 Å². The molecule has 2 rings (SSSR count). The predicted octanol–water partition coefficient (Wildman–Crippen LogP) is 5.05. The number of carbonyl (C=O) groups excluding carboxylic acids is 2. The van der Waals surface area contributed by atoms with Crippen LogP contribution in [0.25, 0.3) is 16.7 Å². The Morgan fingerprint density at radius 2 is 1.97 bits per heavy atom. The van der Waals surface area contributed by atoms with Crippen LogP contribution in [0.2, 0.25) is 0 Å². The van der Waals surface area contributed by atoms with Crippen LogP contribution in [-0.4, -0.2) is 47.6 Å². The van der Waals surface area contributed by atoms with E-state index in [2.05, 4.69) is 29.6 Å². The third kappa shape index (κ3) is 11.4. The van der Waals surface area contributed by atoms with Crippen LogP contribution in [0.1, 0.15) is 37.6 Å². The molecule has 0 aromatic carbocycles. The van der Waals surface area contributed by atoms with Gasteiger partial charge in [-0.3, -0.25) is 9.59 Å². The number of aliphatic imine (C=N–C) groups is 1. The van der Waals surface area contributed by atoms with Crippen molar-refractivity contribution in [1.29, 1.82) is 0 Å². The number of allylic oxidation sites excluding steroid dienone is 5. The largest absolute Gasteiger partial charge is 0.369 e. The molecule has 0 aliphatic heterocycles. The van der Waals surface area contributed by atoms with Crippen molar-refractivity contribution in [2.45, 2.75) is 27.2 Å². The SMILES string of the molecule is C=C/C(=C\C=C/CC)n1ccc2cc(C=O)cnc21.CC.CN(C)C=NC=O.[CH3-].[Pd]. The van der Waals surface area contributed by atoms with Gasteiger partial charge in [0.2, 0.25) is 6.41 Å². The van der Waals surface area contributed by atoms with Crippen LogP contribution < -0.4 is 0 Å². The summed E-state index contributed by atoms with van der Waals surface area (Å²) in [5.74, 6) is 0. The zero-order chi connectivity index (χ0) is 21.4. The fourth-order valence-corrected chi connectivity index (χ4v) is 2.02. The molecule has 0 saturated carbocycles. The summed E-state index contributed by atoms with van der Waals surface area (Å²) in [4.78, 5) is 29.5. The molecule has 1 amide bonds. The smallest absolute Gasteiger partial charge is 0.234 e. The van der Waals surface area contributed by atoms with Gasteiger partial charge in [0.25, 0.3) is 0 Å². The molecule has 0 aliphatic carbocycles. The first-order valence-corrected chi connectivity index (χ1v) is 9.12. The molecule has 0 atom stereocenters. The summed E-state index contributed by atoms with van der Waals surface area (Å²) >= 11 is 0. The van der Waals surface area contributed by atoms with Crippen LogP contribution in [0.15, 0.2) is 60.4 Å². The second-order valence-corrected chi connectivity index (χ2v) is 5.45. The van der Waals surface area contributed by atoms with Gasteiger partial charge in [0.15, 0.2) is 6.29 Å². The molecular formula is C23H33N4O2Pd-. The Labute approximate surface area is 194 Å².